The van der Waals surface area contributed by atoms with Crippen LogP contribution < -0.4 is 17.1 Å². The lowest BCUT2D eigenvalue weighted by Crippen LogP contribution is -2.54. The first kappa shape index (κ1) is 12.2. The highest BCUT2D eigenvalue weighted by atomic mass is 16.5. The highest BCUT2D eigenvalue weighted by molar-refractivity contribution is 4.75. The molecule has 0 aliphatic rings. The summed E-state index contributed by atoms with van der Waals surface area (Å²) in [5.74, 6) is 0. The van der Waals surface area contributed by atoms with Crippen molar-refractivity contribution >= 4 is 0 Å². The minimum absolute atomic E-state index is 0.101. The van der Waals surface area contributed by atoms with Gasteiger partial charge < -0.3 is 10.3 Å². The van der Waals surface area contributed by atoms with Crippen LogP contribution in [0.1, 0.15) is 13.3 Å². The number of hydrogen-bond acceptors (Lipinski definition) is 5. The Balaban J connectivity index is 3.59. The number of aliphatic hydroxyl groups is 1. The Hall–Kier alpha value is -1.83. The third-order valence-corrected chi connectivity index (χ3v) is 2.06. The van der Waals surface area contributed by atoms with Crippen molar-refractivity contribution in [3.63, 3.8) is 0 Å². The Labute approximate surface area is 89.6 Å². The van der Waals surface area contributed by atoms with Crippen LogP contribution in [-0.2, 0) is 13.1 Å². The van der Waals surface area contributed by atoms with Gasteiger partial charge in [0.25, 0.3) is 0 Å². The second kappa shape index (κ2) is 4.79. The predicted octanol–water partition coefficient (Wildman–Crippen LogP) is -2.19. The van der Waals surface area contributed by atoms with Crippen molar-refractivity contribution in [2.24, 2.45) is 0 Å². The largest absolute Gasteiger partial charge is 0.420 e. The van der Waals surface area contributed by atoms with Gasteiger partial charge >= 0.3 is 17.1 Å². The van der Waals surface area contributed by atoms with E-state index in [1.165, 1.54) is 0 Å². The van der Waals surface area contributed by atoms with Crippen LogP contribution >= 0.6 is 0 Å². The van der Waals surface area contributed by atoms with Gasteiger partial charge in [0.05, 0.1) is 13.2 Å². The van der Waals surface area contributed by atoms with E-state index in [9.17, 15) is 19.6 Å². The van der Waals surface area contributed by atoms with Crippen LogP contribution in [0.5, 0.6) is 0 Å². The zero-order valence-corrected chi connectivity index (χ0v) is 8.79. The summed E-state index contributed by atoms with van der Waals surface area (Å²) in [4.78, 5) is 34.3. The molecule has 0 amide bonds. The molecule has 0 fully saturated rings. The summed E-state index contributed by atoms with van der Waals surface area (Å²) in [6, 6.07) is 0. The third kappa shape index (κ3) is 1.91. The summed E-state index contributed by atoms with van der Waals surface area (Å²) in [7, 11) is 0. The van der Waals surface area contributed by atoms with Gasteiger partial charge in [-0.1, -0.05) is 11.7 Å². The molecule has 2 N–H and O–H groups in total. The highest BCUT2D eigenvalue weighted by Crippen LogP contribution is 1.78. The van der Waals surface area contributed by atoms with Crippen LogP contribution in [0.2, 0.25) is 0 Å². The Morgan fingerprint density at radius 1 is 1.00 bits per heavy atom. The number of aliphatic hydroxyl groups excluding tert-OH is 1. The molecule has 0 aromatic carbocycles. The van der Waals surface area contributed by atoms with Crippen molar-refractivity contribution in [1.29, 1.82) is 0 Å². The lowest BCUT2D eigenvalue weighted by atomic mass is 10.5. The monoisotopic (exact) mass is 231 g/mol. The molecule has 0 atom stereocenters. The minimum atomic E-state index is -1.14. The van der Waals surface area contributed by atoms with E-state index in [0.29, 0.717) is 11.0 Å². The lowest BCUT2D eigenvalue weighted by Gasteiger charge is -2.08. The molecule has 0 saturated carbocycles. The smallest absolute Gasteiger partial charge is 0.369 e. The maximum Gasteiger partial charge on any atom is 0.369 e. The zero-order chi connectivity index (χ0) is 12.3. The topological polar surface area (TPSA) is 106 Å². The number of rotatable bonds is 4. The van der Waals surface area contributed by atoms with Crippen molar-refractivity contribution in [2.75, 3.05) is 6.61 Å². The predicted molar refractivity (Wildman–Crippen MR) is 53.8 cm³/mol. The van der Waals surface area contributed by atoms with Crippen molar-refractivity contribution in [3.05, 3.63) is 31.5 Å². The maximum absolute atomic E-state index is 11.6. The first-order valence-corrected chi connectivity index (χ1v) is 4.81. The average molecular weight is 231 g/mol. The molecule has 1 aromatic rings. The molecule has 8 heteroatoms. The fourth-order valence-corrected chi connectivity index (χ4v) is 1.33. The van der Waals surface area contributed by atoms with Gasteiger partial charge in [-0.05, 0) is 6.42 Å². The molecular weight excluding hydrogens is 218 g/mol. The van der Waals surface area contributed by atoms with Crippen LogP contribution in [-0.4, -0.2) is 30.8 Å². The molecular formula is C8H13N3O5. The van der Waals surface area contributed by atoms with Gasteiger partial charge in [-0.3, -0.25) is 0 Å². The van der Waals surface area contributed by atoms with E-state index in [1.807, 2.05) is 0 Å². The van der Waals surface area contributed by atoms with E-state index < -0.39 is 23.7 Å². The first-order valence-electron chi connectivity index (χ1n) is 4.81. The Bertz CT molecular complexity index is 494. The molecule has 1 heterocycles. The average Bonchev–Trinajstić information content (AvgIpc) is 2.28. The fraction of sp³-hybridized carbons (Fsp3) is 0.625. The van der Waals surface area contributed by atoms with E-state index in [4.69, 9.17) is 5.11 Å². The Morgan fingerprint density at radius 2 is 1.50 bits per heavy atom. The van der Waals surface area contributed by atoms with Gasteiger partial charge in [0, 0.05) is 6.54 Å². The van der Waals surface area contributed by atoms with Crippen LogP contribution in [0.15, 0.2) is 14.4 Å². The maximum atomic E-state index is 11.6. The summed E-state index contributed by atoms with van der Waals surface area (Å²) in [5, 5.41) is 17.8. The van der Waals surface area contributed by atoms with Crippen molar-refractivity contribution in [1.82, 2.24) is 13.9 Å². The van der Waals surface area contributed by atoms with Gasteiger partial charge in [0.15, 0.2) is 0 Å². The molecule has 1 rings (SSSR count). The second-order valence-corrected chi connectivity index (χ2v) is 3.19. The quantitative estimate of drug-likeness (QED) is 0.572. The Kier molecular flexibility index (Phi) is 3.67. The third-order valence-electron chi connectivity index (χ3n) is 2.06. The molecule has 8 nitrogen and oxygen atoms in total. The minimum Gasteiger partial charge on any atom is -0.420 e. The number of hydrogen-bond donors (Lipinski definition) is 2. The van der Waals surface area contributed by atoms with E-state index >= 15 is 0 Å². The molecule has 1 aromatic heterocycles. The van der Waals surface area contributed by atoms with Crippen molar-refractivity contribution < 1.29 is 10.3 Å². The van der Waals surface area contributed by atoms with Gasteiger partial charge in [0.1, 0.15) is 0 Å². The molecule has 16 heavy (non-hydrogen) atoms. The normalized spacial score (nSPS) is 10.6. The van der Waals surface area contributed by atoms with Crippen molar-refractivity contribution in [2.45, 2.75) is 26.4 Å². The van der Waals surface area contributed by atoms with Gasteiger partial charge in [-0.25, -0.2) is 23.5 Å². The summed E-state index contributed by atoms with van der Waals surface area (Å²) >= 11 is 0. The van der Waals surface area contributed by atoms with E-state index in [0.717, 1.165) is 4.57 Å². The summed E-state index contributed by atoms with van der Waals surface area (Å²) in [6.45, 7) is 1.15. The number of aromatic nitrogens is 3. The summed E-state index contributed by atoms with van der Waals surface area (Å²) in [5.41, 5.74) is -3.03. The van der Waals surface area contributed by atoms with E-state index in [1.54, 1.807) is 6.92 Å². The highest BCUT2D eigenvalue weighted by Gasteiger charge is 2.13. The van der Waals surface area contributed by atoms with Gasteiger partial charge in [-0.15, -0.1) is 0 Å². The van der Waals surface area contributed by atoms with E-state index in [2.05, 4.69) is 0 Å². The zero-order valence-electron chi connectivity index (χ0n) is 8.79. The number of nitrogens with zero attached hydrogens (tertiary/aromatic N) is 3. The molecule has 0 aliphatic heterocycles. The molecule has 0 unspecified atom stereocenters. The molecule has 0 bridgehead atoms. The summed E-state index contributed by atoms with van der Waals surface area (Å²) < 4.78 is 1.22. The Morgan fingerprint density at radius 3 is 1.94 bits per heavy atom. The fourth-order valence-electron chi connectivity index (χ4n) is 1.33. The summed E-state index contributed by atoms with van der Waals surface area (Å²) in [6.07, 6.45) is 0.506. The molecule has 90 valence electrons. The lowest BCUT2D eigenvalue weighted by molar-refractivity contribution is 0.135. The van der Waals surface area contributed by atoms with Gasteiger partial charge in [0.2, 0.25) is 0 Å². The van der Waals surface area contributed by atoms with Crippen molar-refractivity contribution in [3.8, 4) is 0 Å². The van der Waals surface area contributed by atoms with Crippen LogP contribution in [0.3, 0.4) is 0 Å². The van der Waals surface area contributed by atoms with Crippen LogP contribution in [0.4, 0.5) is 0 Å². The molecule has 0 saturated heterocycles. The second-order valence-electron chi connectivity index (χ2n) is 3.19. The van der Waals surface area contributed by atoms with E-state index in [-0.39, 0.29) is 17.8 Å². The molecule has 0 aliphatic carbocycles. The van der Waals surface area contributed by atoms with Crippen LogP contribution in [0.25, 0.3) is 0 Å². The first-order chi connectivity index (χ1) is 7.54. The standard InChI is InChI=1S/C8H13N3O5/c1-2-3-9-6(13)10(4-5-12)8(15)11(16)7(9)14/h12,16H,2-5H2,1H3. The molecule has 0 spiro atoms. The van der Waals surface area contributed by atoms with Gasteiger partial charge in [-0.2, -0.15) is 0 Å². The van der Waals surface area contributed by atoms with Crippen LogP contribution in [0, 0.1) is 0 Å². The SMILES string of the molecule is CCCn1c(=O)n(O)c(=O)n(CCO)c1=O. The molecule has 0 radical (unpaired) electrons.